The first-order valence-corrected chi connectivity index (χ1v) is 7.17. The molecule has 0 spiro atoms. The number of likely N-dealkylation sites (tertiary alicyclic amines) is 1. The fourth-order valence-electron chi connectivity index (χ4n) is 3.05. The Balaban J connectivity index is 2.17. The molecule has 18 heavy (non-hydrogen) atoms. The third kappa shape index (κ3) is 2.53. The van der Waals surface area contributed by atoms with Crippen LogP contribution in [0, 0.1) is 6.92 Å². The average molecular weight is 250 g/mol. The van der Waals surface area contributed by atoms with Gasteiger partial charge in [-0.3, -0.25) is 9.58 Å². The van der Waals surface area contributed by atoms with E-state index in [1.165, 1.54) is 37.2 Å². The van der Waals surface area contributed by atoms with Gasteiger partial charge in [-0.2, -0.15) is 5.10 Å². The quantitative estimate of drug-likeness (QED) is 0.872. The number of rotatable bonds is 5. The molecule has 1 aromatic rings. The van der Waals surface area contributed by atoms with Gasteiger partial charge in [-0.1, -0.05) is 6.92 Å². The maximum Gasteiger partial charge on any atom is 0.128 e. The normalized spacial score (nSPS) is 20.6. The molecule has 0 aromatic carbocycles. The maximum atomic E-state index is 4.55. The third-order valence-electron chi connectivity index (χ3n) is 4.02. The molecule has 102 valence electrons. The van der Waals surface area contributed by atoms with Gasteiger partial charge in [0.1, 0.15) is 5.82 Å². The Bertz CT molecular complexity index is 397. The molecule has 4 nitrogen and oxygen atoms in total. The van der Waals surface area contributed by atoms with Crippen LogP contribution < -0.4 is 5.32 Å². The summed E-state index contributed by atoms with van der Waals surface area (Å²) in [6.07, 6.45) is 3.95. The van der Waals surface area contributed by atoms with Crippen molar-refractivity contribution in [1.82, 2.24) is 14.7 Å². The van der Waals surface area contributed by atoms with Gasteiger partial charge in [0, 0.05) is 31.7 Å². The molecule has 0 amide bonds. The molecule has 1 fully saturated rings. The van der Waals surface area contributed by atoms with Gasteiger partial charge < -0.3 is 5.32 Å². The maximum absolute atomic E-state index is 4.55. The molecule has 4 heteroatoms. The van der Waals surface area contributed by atoms with Crippen molar-refractivity contribution in [3.63, 3.8) is 0 Å². The molecule has 1 unspecified atom stereocenters. The lowest BCUT2D eigenvalue weighted by Gasteiger charge is -2.23. The predicted octanol–water partition coefficient (Wildman–Crippen LogP) is 2.53. The SMILES string of the molecule is CCNc1c(CN2CCCC2CC)c(C)nn1C. The lowest BCUT2D eigenvalue weighted by atomic mass is 10.1. The lowest BCUT2D eigenvalue weighted by Crippen LogP contribution is -2.28. The second-order valence-corrected chi connectivity index (χ2v) is 5.24. The van der Waals surface area contributed by atoms with Crippen LogP contribution in [-0.4, -0.2) is 33.8 Å². The van der Waals surface area contributed by atoms with Crippen molar-refractivity contribution in [2.45, 2.75) is 52.6 Å². The number of hydrogen-bond acceptors (Lipinski definition) is 3. The van der Waals surface area contributed by atoms with E-state index in [0.29, 0.717) is 0 Å². The van der Waals surface area contributed by atoms with Gasteiger partial charge in [-0.15, -0.1) is 0 Å². The molecule has 0 aliphatic carbocycles. The highest BCUT2D eigenvalue weighted by atomic mass is 15.3. The number of nitrogens with one attached hydrogen (secondary N) is 1. The zero-order chi connectivity index (χ0) is 13.1. The highest BCUT2D eigenvalue weighted by Crippen LogP contribution is 2.26. The number of anilines is 1. The molecular formula is C14H26N4. The Kier molecular flexibility index (Phi) is 4.27. The van der Waals surface area contributed by atoms with Gasteiger partial charge in [0.25, 0.3) is 0 Å². The Labute approximate surface area is 110 Å². The Hall–Kier alpha value is -1.03. The minimum atomic E-state index is 0.763. The smallest absolute Gasteiger partial charge is 0.128 e. The zero-order valence-corrected chi connectivity index (χ0v) is 12.2. The summed E-state index contributed by atoms with van der Waals surface area (Å²) >= 11 is 0. The molecule has 1 atom stereocenters. The van der Waals surface area contributed by atoms with Gasteiger partial charge in [0.05, 0.1) is 5.69 Å². The molecule has 0 bridgehead atoms. The molecule has 2 heterocycles. The number of aromatic nitrogens is 2. The van der Waals surface area contributed by atoms with Gasteiger partial charge in [-0.05, 0) is 39.7 Å². The molecule has 1 aromatic heterocycles. The highest BCUT2D eigenvalue weighted by Gasteiger charge is 2.25. The van der Waals surface area contributed by atoms with Crippen molar-refractivity contribution in [2.75, 3.05) is 18.4 Å². The third-order valence-corrected chi connectivity index (χ3v) is 4.02. The van der Waals surface area contributed by atoms with Crippen LogP contribution in [0.15, 0.2) is 0 Å². The van der Waals surface area contributed by atoms with Crippen molar-refractivity contribution >= 4 is 5.82 Å². The van der Waals surface area contributed by atoms with Crippen LogP contribution in [0.4, 0.5) is 5.82 Å². The van der Waals surface area contributed by atoms with E-state index in [-0.39, 0.29) is 0 Å². The Morgan fingerprint density at radius 3 is 2.83 bits per heavy atom. The van der Waals surface area contributed by atoms with E-state index in [9.17, 15) is 0 Å². The Morgan fingerprint density at radius 1 is 1.39 bits per heavy atom. The van der Waals surface area contributed by atoms with E-state index in [4.69, 9.17) is 0 Å². The van der Waals surface area contributed by atoms with Crippen LogP contribution in [0.3, 0.4) is 0 Å². The standard InChI is InChI=1S/C14H26N4/c1-5-12-8-7-9-18(12)10-13-11(3)16-17(4)14(13)15-6-2/h12,15H,5-10H2,1-4H3. The number of hydrogen-bond donors (Lipinski definition) is 1. The monoisotopic (exact) mass is 250 g/mol. The fraction of sp³-hybridized carbons (Fsp3) is 0.786. The van der Waals surface area contributed by atoms with Crippen molar-refractivity contribution in [1.29, 1.82) is 0 Å². The second-order valence-electron chi connectivity index (χ2n) is 5.24. The molecule has 0 radical (unpaired) electrons. The van der Waals surface area contributed by atoms with Crippen LogP contribution >= 0.6 is 0 Å². The molecule has 2 rings (SSSR count). The van der Waals surface area contributed by atoms with Crippen LogP contribution in [0.1, 0.15) is 44.4 Å². The lowest BCUT2D eigenvalue weighted by molar-refractivity contribution is 0.240. The van der Waals surface area contributed by atoms with E-state index in [1.54, 1.807) is 0 Å². The summed E-state index contributed by atoms with van der Waals surface area (Å²) in [5.41, 5.74) is 2.54. The summed E-state index contributed by atoms with van der Waals surface area (Å²) in [5.74, 6) is 1.19. The minimum Gasteiger partial charge on any atom is -0.370 e. The zero-order valence-electron chi connectivity index (χ0n) is 12.2. The van der Waals surface area contributed by atoms with E-state index in [2.05, 4.69) is 36.1 Å². The Morgan fingerprint density at radius 2 is 2.17 bits per heavy atom. The van der Waals surface area contributed by atoms with Gasteiger partial charge in [0.15, 0.2) is 0 Å². The van der Waals surface area contributed by atoms with E-state index in [1.807, 2.05) is 11.7 Å². The van der Waals surface area contributed by atoms with Crippen molar-refractivity contribution in [3.8, 4) is 0 Å². The summed E-state index contributed by atoms with van der Waals surface area (Å²) in [7, 11) is 2.02. The van der Waals surface area contributed by atoms with E-state index < -0.39 is 0 Å². The fourth-order valence-corrected chi connectivity index (χ4v) is 3.05. The molecular weight excluding hydrogens is 224 g/mol. The first kappa shape index (κ1) is 13.4. The first-order valence-electron chi connectivity index (χ1n) is 7.17. The summed E-state index contributed by atoms with van der Waals surface area (Å²) in [5, 5.41) is 8.00. The number of nitrogens with zero attached hydrogens (tertiary/aromatic N) is 3. The summed E-state index contributed by atoms with van der Waals surface area (Å²) in [6, 6.07) is 0.763. The van der Waals surface area contributed by atoms with Crippen LogP contribution in [-0.2, 0) is 13.6 Å². The molecule has 1 aliphatic rings. The van der Waals surface area contributed by atoms with Crippen molar-refractivity contribution < 1.29 is 0 Å². The van der Waals surface area contributed by atoms with E-state index in [0.717, 1.165) is 24.8 Å². The minimum absolute atomic E-state index is 0.763. The average Bonchev–Trinajstić information content (AvgIpc) is 2.89. The van der Waals surface area contributed by atoms with Crippen LogP contribution in [0.5, 0.6) is 0 Å². The predicted molar refractivity (Wildman–Crippen MR) is 75.8 cm³/mol. The first-order chi connectivity index (χ1) is 8.67. The van der Waals surface area contributed by atoms with E-state index >= 15 is 0 Å². The molecule has 1 aliphatic heterocycles. The van der Waals surface area contributed by atoms with Crippen LogP contribution in [0.25, 0.3) is 0 Å². The summed E-state index contributed by atoms with van der Waals surface area (Å²) in [6.45, 7) is 9.77. The summed E-state index contributed by atoms with van der Waals surface area (Å²) < 4.78 is 1.98. The molecule has 1 N–H and O–H groups in total. The number of aryl methyl sites for hydroxylation is 2. The van der Waals surface area contributed by atoms with Crippen molar-refractivity contribution in [3.05, 3.63) is 11.3 Å². The van der Waals surface area contributed by atoms with Crippen LogP contribution in [0.2, 0.25) is 0 Å². The topological polar surface area (TPSA) is 33.1 Å². The van der Waals surface area contributed by atoms with Gasteiger partial charge in [0.2, 0.25) is 0 Å². The molecule has 0 saturated carbocycles. The largest absolute Gasteiger partial charge is 0.370 e. The highest BCUT2D eigenvalue weighted by molar-refractivity contribution is 5.47. The van der Waals surface area contributed by atoms with Gasteiger partial charge in [-0.25, -0.2) is 0 Å². The second kappa shape index (κ2) is 5.74. The van der Waals surface area contributed by atoms with Gasteiger partial charge >= 0.3 is 0 Å². The molecule has 1 saturated heterocycles. The van der Waals surface area contributed by atoms with Crippen molar-refractivity contribution in [2.24, 2.45) is 7.05 Å². The summed E-state index contributed by atoms with van der Waals surface area (Å²) in [4.78, 5) is 2.62.